The van der Waals surface area contributed by atoms with E-state index in [9.17, 15) is 19.8 Å². The molecule has 3 rings (SSSR count). The van der Waals surface area contributed by atoms with Crippen LogP contribution < -0.4 is 5.32 Å². The van der Waals surface area contributed by atoms with Gasteiger partial charge in [0, 0.05) is 18.2 Å². The molecule has 198 valence electrons. The van der Waals surface area contributed by atoms with Gasteiger partial charge in [-0.1, -0.05) is 93.8 Å². The molecule has 0 spiro atoms. The monoisotopic (exact) mass is 503 g/mol. The van der Waals surface area contributed by atoms with Gasteiger partial charge in [-0.3, -0.25) is 9.59 Å². The number of aliphatic hydroxyl groups is 1. The molecule has 1 aliphatic carbocycles. The Morgan fingerprint density at radius 3 is 1.76 bits per heavy atom. The number of unbranched alkanes of at least 4 members (excludes halogenated alkanes) is 9. The molecule has 2 aromatic carbocycles. The lowest BCUT2D eigenvalue weighted by atomic mass is 9.93. The molecule has 2 aromatic rings. The molecule has 0 fully saturated rings. The Labute approximate surface area is 221 Å². The number of aliphatic hydroxyl groups excluding tert-OH is 1. The molecule has 0 aromatic heterocycles. The number of ketones is 2. The van der Waals surface area contributed by atoms with Crippen LogP contribution in [0.3, 0.4) is 0 Å². The second-order valence-electron chi connectivity index (χ2n) is 9.94. The number of carbonyl (C=O) groups is 2. The number of phenols is 1. The predicted octanol–water partition coefficient (Wildman–Crippen LogP) is 6.91. The van der Waals surface area contributed by atoms with E-state index in [0.717, 1.165) is 24.8 Å². The molecule has 0 saturated carbocycles. The Morgan fingerprint density at radius 2 is 1.14 bits per heavy atom. The fraction of sp³-hybridized carbons (Fsp3) is 0.438. The molecule has 0 saturated heterocycles. The normalized spacial score (nSPS) is 13.7. The Morgan fingerprint density at radius 1 is 0.595 bits per heavy atom. The van der Waals surface area contributed by atoms with Crippen molar-refractivity contribution in [2.45, 2.75) is 83.5 Å². The highest BCUT2D eigenvalue weighted by Gasteiger charge is 2.28. The molecule has 0 radical (unpaired) electrons. The van der Waals surface area contributed by atoms with Crippen LogP contribution in [0.4, 0.5) is 0 Å². The van der Waals surface area contributed by atoms with Crippen molar-refractivity contribution in [1.29, 1.82) is 0 Å². The summed E-state index contributed by atoms with van der Waals surface area (Å²) < 4.78 is 0. The SMILES string of the molecule is O=C1C=C(NCCc2ccc(O)cc2)C(O)=C(CCCCCCCCCCCCc2ccccc2)C1=O. The van der Waals surface area contributed by atoms with Crippen LogP contribution in [0.15, 0.2) is 77.7 Å². The van der Waals surface area contributed by atoms with Crippen molar-refractivity contribution in [3.8, 4) is 5.75 Å². The maximum Gasteiger partial charge on any atom is 0.232 e. The summed E-state index contributed by atoms with van der Waals surface area (Å²) >= 11 is 0. The van der Waals surface area contributed by atoms with Crippen LogP contribution in [0.2, 0.25) is 0 Å². The minimum atomic E-state index is -0.589. The number of aromatic hydroxyl groups is 1. The highest BCUT2D eigenvalue weighted by molar-refractivity contribution is 6.48. The number of rotatable bonds is 17. The minimum Gasteiger partial charge on any atom is -0.508 e. The second-order valence-corrected chi connectivity index (χ2v) is 9.94. The van der Waals surface area contributed by atoms with Crippen molar-refractivity contribution < 1.29 is 19.8 Å². The molecule has 0 amide bonds. The van der Waals surface area contributed by atoms with Gasteiger partial charge in [0.2, 0.25) is 11.6 Å². The van der Waals surface area contributed by atoms with Gasteiger partial charge < -0.3 is 15.5 Å². The van der Waals surface area contributed by atoms with Crippen molar-refractivity contribution in [3.63, 3.8) is 0 Å². The summed E-state index contributed by atoms with van der Waals surface area (Å²) in [5.74, 6) is -1.05. The molecule has 5 nitrogen and oxygen atoms in total. The topological polar surface area (TPSA) is 86.6 Å². The molecule has 0 unspecified atom stereocenters. The highest BCUT2D eigenvalue weighted by atomic mass is 16.3. The first-order valence-corrected chi connectivity index (χ1v) is 13.8. The van der Waals surface area contributed by atoms with Crippen LogP contribution in [0.5, 0.6) is 5.75 Å². The Kier molecular flexibility index (Phi) is 12.0. The minimum absolute atomic E-state index is 0.0948. The molecule has 0 aliphatic heterocycles. The lowest BCUT2D eigenvalue weighted by Crippen LogP contribution is -2.28. The van der Waals surface area contributed by atoms with Crippen LogP contribution in [0, 0.1) is 0 Å². The maximum atomic E-state index is 12.3. The number of Topliss-reactive ketones (excluding diaryl/α,β-unsaturated/α-hetero) is 1. The van der Waals surface area contributed by atoms with E-state index in [1.54, 1.807) is 12.1 Å². The summed E-state index contributed by atoms with van der Waals surface area (Å²) in [6.45, 7) is 0.502. The van der Waals surface area contributed by atoms with Gasteiger partial charge in [0.1, 0.15) is 11.5 Å². The van der Waals surface area contributed by atoms with E-state index in [4.69, 9.17) is 0 Å². The van der Waals surface area contributed by atoms with Gasteiger partial charge in [-0.15, -0.1) is 0 Å². The average molecular weight is 504 g/mol. The van der Waals surface area contributed by atoms with Gasteiger partial charge in [-0.25, -0.2) is 0 Å². The van der Waals surface area contributed by atoms with E-state index in [0.29, 0.717) is 25.1 Å². The van der Waals surface area contributed by atoms with E-state index in [-0.39, 0.29) is 17.1 Å². The fourth-order valence-electron chi connectivity index (χ4n) is 4.74. The molecule has 0 heterocycles. The summed E-state index contributed by atoms with van der Waals surface area (Å²) in [6.07, 6.45) is 15.2. The molecule has 37 heavy (non-hydrogen) atoms. The Balaban J connectivity index is 1.26. The van der Waals surface area contributed by atoms with Gasteiger partial charge in [0.25, 0.3) is 0 Å². The van der Waals surface area contributed by atoms with E-state index in [1.807, 2.05) is 12.1 Å². The summed E-state index contributed by atoms with van der Waals surface area (Å²) in [5.41, 5.74) is 3.01. The third kappa shape index (κ3) is 9.91. The van der Waals surface area contributed by atoms with E-state index in [1.165, 1.54) is 63.0 Å². The zero-order valence-corrected chi connectivity index (χ0v) is 21.9. The fourth-order valence-corrected chi connectivity index (χ4v) is 4.74. The van der Waals surface area contributed by atoms with Crippen molar-refractivity contribution in [1.82, 2.24) is 5.32 Å². The van der Waals surface area contributed by atoms with Crippen molar-refractivity contribution in [2.24, 2.45) is 0 Å². The molecular formula is C32H41NO4. The number of hydrogen-bond donors (Lipinski definition) is 3. The lowest BCUT2D eigenvalue weighted by molar-refractivity contribution is -0.132. The number of phenolic OH excluding ortho intramolecular Hbond substituents is 1. The number of nitrogens with one attached hydrogen (secondary N) is 1. The largest absolute Gasteiger partial charge is 0.508 e. The van der Waals surface area contributed by atoms with E-state index >= 15 is 0 Å². The number of hydrogen-bond acceptors (Lipinski definition) is 5. The first-order chi connectivity index (χ1) is 18.0. The van der Waals surface area contributed by atoms with Crippen LogP contribution in [-0.4, -0.2) is 28.3 Å². The summed E-state index contributed by atoms with van der Waals surface area (Å²) in [7, 11) is 0. The van der Waals surface area contributed by atoms with Gasteiger partial charge in [-0.2, -0.15) is 0 Å². The van der Waals surface area contributed by atoms with Crippen molar-refractivity contribution in [3.05, 3.63) is 88.8 Å². The van der Waals surface area contributed by atoms with Crippen LogP contribution in [0.25, 0.3) is 0 Å². The molecule has 0 bridgehead atoms. The first kappa shape index (κ1) is 28.2. The molecule has 1 aliphatic rings. The van der Waals surface area contributed by atoms with Crippen molar-refractivity contribution in [2.75, 3.05) is 6.54 Å². The molecular weight excluding hydrogens is 462 g/mol. The molecule has 0 atom stereocenters. The van der Waals surface area contributed by atoms with Crippen LogP contribution >= 0.6 is 0 Å². The average Bonchev–Trinajstić information content (AvgIpc) is 2.91. The first-order valence-electron chi connectivity index (χ1n) is 13.8. The standard InChI is InChI=1S/C32H41NO4/c34-27-20-18-26(19-21-27)22-23-33-29-24-30(35)32(37)28(31(29)36)17-13-8-6-4-2-1-3-5-7-10-14-25-15-11-9-12-16-25/h9,11-12,15-16,18-21,24,33-34,36H,1-8,10,13-14,17,22-23H2. The van der Waals surface area contributed by atoms with Crippen molar-refractivity contribution >= 4 is 11.6 Å². The van der Waals surface area contributed by atoms with Crippen LogP contribution in [-0.2, 0) is 22.4 Å². The maximum absolute atomic E-state index is 12.3. The zero-order valence-electron chi connectivity index (χ0n) is 21.9. The zero-order chi connectivity index (χ0) is 26.3. The van der Waals surface area contributed by atoms with Gasteiger partial charge in [-0.05, 0) is 55.4 Å². The lowest BCUT2D eigenvalue weighted by Gasteiger charge is -2.18. The van der Waals surface area contributed by atoms with Crippen LogP contribution in [0.1, 0.15) is 81.8 Å². The molecule has 5 heteroatoms. The highest BCUT2D eigenvalue weighted by Crippen LogP contribution is 2.23. The Hall–Kier alpha value is -3.34. The van der Waals surface area contributed by atoms with Gasteiger partial charge >= 0.3 is 0 Å². The number of carbonyl (C=O) groups excluding carboxylic acids is 2. The van der Waals surface area contributed by atoms with E-state index in [2.05, 4.69) is 35.6 Å². The summed E-state index contributed by atoms with van der Waals surface area (Å²) in [6, 6.07) is 17.6. The molecule has 3 N–H and O–H groups in total. The predicted molar refractivity (Wildman–Crippen MR) is 148 cm³/mol. The smallest absolute Gasteiger partial charge is 0.232 e. The summed E-state index contributed by atoms with van der Waals surface area (Å²) in [4.78, 5) is 24.5. The van der Waals surface area contributed by atoms with E-state index < -0.39 is 11.6 Å². The van der Waals surface area contributed by atoms with Gasteiger partial charge in [0.05, 0.1) is 5.70 Å². The third-order valence-corrected chi connectivity index (χ3v) is 6.96. The third-order valence-electron chi connectivity index (χ3n) is 6.96. The van der Waals surface area contributed by atoms with Gasteiger partial charge in [0.15, 0.2) is 0 Å². The quantitative estimate of drug-likeness (QED) is 0.124. The Bertz CT molecular complexity index is 1050. The number of allylic oxidation sites excluding steroid dienone is 2. The summed E-state index contributed by atoms with van der Waals surface area (Å²) in [5, 5.41) is 23.1. The second kappa shape index (κ2) is 15.7. The number of aryl methyl sites for hydroxylation is 1. The number of benzene rings is 2.